The fourth-order valence-corrected chi connectivity index (χ4v) is 2.34. The lowest BCUT2D eigenvalue weighted by Gasteiger charge is -2.21. The normalized spacial score (nSPS) is 13.0. The number of hydrogen-bond acceptors (Lipinski definition) is 5. The lowest BCUT2D eigenvalue weighted by Crippen LogP contribution is -2.44. The zero-order valence-corrected chi connectivity index (χ0v) is 13.7. The van der Waals surface area contributed by atoms with Gasteiger partial charge in [0.2, 0.25) is 5.91 Å². The van der Waals surface area contributed by atoms with Crippen LogP contribution in [0.25, 0.3) is 0 Å². The largest absolute Gasteiger partial charge is 0.322 e. The van der Waals surface area contributed by atoms with Gasteiger partial charge in [0.25, 0.3) is 9.05 Å². The van der Waals surface area contributed by atoms with Gasteiger partial charge < -0.3 is 5.32 Å². The number of benzene rings is 1. The SMILES string of the molecule is CC(C)(C(=O)Nc1ccc(S(=O)(=O)Cl)cc1F)S(C)(=O)=O. The summed E-state index contributed by atoms with van der Waals surface area (Å²) in [6.45, 7) is 2.35. The van der Waals surface area contributed by atoms with Gasteiger partial charge in [0.1, 0.15) is 10.6 Å². The lowest BCUT2D eigenvalue weighted by atomic mass is 10.2. The Hall–Kier alpha value is -1.19. The number of halogens is 2. The van der Waals surface area contributed by atoms with Crippen molar-refractivity contribution in [1.82, 2.24) is 0 Å². The van der Waals surface area contributed by atoms with Crippen LogP contribution in [0.2, 0.25) is 0 Å². The highest BCUT2D eigenvalue weighted by molar-refractivity contribution is 8.13. The van der Waals surface area contributed by atoms with Gasteiger partial charge in [-0.2, -0.15) is 0 Å². The predicted molar refractivity (Wildman–Crippen MR) is 77.0 cm³/mol. The van der Waals surface area contributed by atoms with Crippen molar-refractivity contribution in [3.05, 3.63) is 24.0 Å². The molecule has 1 N–H and O–H groups in total. The Balaban J connectivity index is 3.14. The summed E-state index contributed by atoms with van der Waals surface area (Å²) in [7, 11) is -2.76. The maximum atomic E-state index is 13.7. The average Bonchev–Trinajstić information content (AvgIpc) is 2.28. The van der Waals surface area contributed by atoms with Gasteiger partial charge in [0.05, 0.1) is 10.6 Å². The molecule has 0 bridgehead atoms. The molecule has 0 spiro atoms. The van der Waals surface area contributed by atoms with E-state index in [-0.39, 0.29) is 5.69 Å². The molecule has 0 aliphatic heterocycles. The van der Waals surface area contributed by atoms with E-state index in [2.05, 4.69) is 5.32 Å². The maximum Gasteiger partial charge on any atom is 0.261 e. The lowest BCUT2D eigenvalue weighted by molar-refractivity contribution is -0.117. The molecule has 0 radical (unpaired) electrons. The Bertz CT molecular complexity index is 787. The highest BCUT2D eigenvalue weighted by atomic mass is 35.7. The third kappa shape index (κ3) is 3.92. The third-order valence-electron chi connectivity index (χ3n) is 2.94. The fourth-order valence-electron chi connectivity index (χ4n) is 1.19. The minimum Gasteiger partial charge on any atom is -0.322 e. The summed E-state index contributed by atoms with van der Waals surface area (Å²) in [6.07, 6.45) is 0.881. The number of carbonyl (C=O) groups excluding carboxylic acids is 1. The summed E-state index contributed by atoms with van der Waals surface area (Å²) in [6, 6.07) is 2.61. The Kier molecular flexibility index (Phi) is 4.71. The number of anilines is 1. The van der Waals surface area contributed by atoms with Crippen LogP contribution < -0.4 is 5.32 Å². The minimum absolute atomic E-state index is 0.346. The van der Waals surface area contributed by atoms with E-state index in [4.69, 9.17) is 10.7 Å². The first-order valence-electron chi connectivity index (χ1n) is 5.52. The molecule has 0 aliphatic carbocycles. The Morgan fingerprint density at radius 2 is 1.76 bits per heavy atom. The van der Waals surface area contributed by atoms with Crippen molar-refractivity contribution in [3.63, 3.8) is 0 Å². The van der Waals surface area contributed by atoms with E-state index >= 15 is 0 Å². The van der Waals surface area contributed by atoms with Crippen molar-refractivity contribution >= 4 is 41.2 Å². The molecule has 10 heteroatoms. The van der Waals surface area contributed by atoms with Crippen molar-refractivity contribution in [2.45, 2.75) is 23.5 Å². The second-order valence-electron chi connectivity index (χ2n) is 4.82. The molecule has 0 saturated heterocycles. The monoisotopic (exact) mass is 357 g/mol. The molecule has 0 aromatic heterocycles. The van der Waals surface area contributed by atoms with Gasteiger partial charge >= 0.3 is 0 Å². The zero-order valence-electron chi connectivity index (χ0n) is 11.3. The molecule has 0 fully saturated rings. The van der Waals surface area contributed by atoms with E-state index < -0.39 is 40.3 Å². The molecule has 0 atom stereocenters. The van der Waals surface area contributed by atoms with Crippen LogP contribution in [0.3, 0.4) is 0 Å². The van der Waals surface area contributed by atoms with Gasteiger partial charge in [-0.3, -0.25) is 4.79 Å². The van der Waals surface area contributed by atoms with Gasteiger partial charge in [0.15, 0.2) is 9.84 Å². The number of carbonyl (C=O) groups is 1. The molecular formula is C11H13ClFNO5S2. The van der Waals surface area contributed by atoms with Crippen LogP contribution in [0, 0.1) is 5.82 Å². The second-order valence-corrected chi connectivity index (χ2v) is 9.95. The van der Waals surface area contributed by atoms with Crippen molar-refractivity contribution < 1.29 is 26.0 Å². The average molecular weight is 358 g/mol. The second kappa shape index (κ2) is 5.54. The highest BCUT2D eigenvalue weighted by Gasteiger charge is 2.38. The zero-order chi connectivity index (χ0) is 16.6. The first-order valence-corrected chi connectivity index (χ1v) is 9.72. The topological polar surface area (TPSA) is 97.4 Å². The fraction of sp³-hybridized carbons (Fsp3) is 0.364. The maximum absolute atomic E-state index is 13.7. The summed E-state index contributed by atoms with van der Waals surface area (Å²) in [5.74, 6) is -1.99. The van der Waals surface area contributed by atoms with E-state index in [1.165, 1.54) is 13.8 Å². The van der Waals surface area contributed by atoms with Gasteiger partial charge in [0, 0.05) is 16.9 Å². The van der Waals surface area contributed by atoms with Crippen LogP contribution in [0.1, 0.15) is 13.8 Å². The van der Waals surface area contributed by atoms with Gasteiger partial charge in [-0.15, -0.1) is 0 Å². The molecule has 21 heavy (non-hydrogen) atoms. The number of hydrogen-bond donors (Lipinski definition) is 1. The number of nitrogens with one attached hydrogen (secondary N) is 1. The van der Waals surface area contributed by atoms with E-state index in [9.17, 15) is 26.0 Å². The third-order valence-corrected chi connectivity index (χ3v) is 6.33. The van der Waals surface area contributed by atoms with E-state index in [1.807, 2.05) is 0 Å². The minimum atomic E-state index is -4.10. The number of amides is 1. The number of sulfone groups is 1. The van der Waals surface area contributed by atoms with Crippen molar-refractivity contribution in [2.24, 2.45) is 0 Å². The molecule has 0 aliphatic rings. The van der Waals surface area contributed by atoms with Crippen molar-refractivity contribution in [1.29, 1.82) is 0 Å². The van der Waals surface area contributed by atoms with Crippen LogP contribution >= 0.6 is 10.7 Å². The summed E-state index contributed by atoms with van der Waals surface area (Å²) < 4.78 is 57.1. The van der Waals surface area contributed by atoms with E-state index in [0.29, 0.717) is 6.07 Å². The van der Waals surface area contributed by atoms with E-state index in [1.54, 1.807) is 0 Å². The van der Waals surface area contributed by atoms with Gasteiger partial charge in [-0.1, -0.05) is 0 Å². The van der Waals surface area contributed by atoms with Crippen LogP contribution in [0.4, 0.5) is 10.1 Å². The molecule has 0 saturated carbocycles. The first kappa shape index (κ1) is 17.9. The molecule has 118 valence electrons. The molecular weight excluding hydrogens is 345 g/mol. The predicted octanol–water partition coefficient (Wildman–Crippen LogP) is 1.51. The molecule has 0 heterocycles. The summed E-state index contributed by atoms with van der Waals surface area (Å²) in [4.78, 5) is 11.4. The summed E-state index contributed by atoms with van der Waals surface area (Å²) >= 11 is 0. The van der Waals surface area contributed by atoms with Gasteiger partial charge in [-0.25, -0.2) is 21.2 Å². The quantitative estimate of drug-likeness (QED) is 0.824. The van der Waals surface area contributed by atoms with Crippen LogP contribution in [0.5, 0.6) is 0 Å². The molecule has 1 amide bonds. The standard InChI is InChI=1S/C11H13ClFNO5S2/c1-11(2,20(3,16)17)10(15)14-9-5-4-7(6-8(9)13)21(12,18)19/h4-6H,1-3H3,(H,14,15). The Morgan fingerprint density at radius 1 is 1.24 bits per heavy atom. The summed E-state index contributed by atoms with van der Waals surface area (Å²) in [5.41, 5.74) is -0.346. The van der Waals surface area contributed by atoms with Crippen LogP contribution in [0.15, 0.2) is 23.1 Å². The Morgan fingerprint density at radius 3 is 2.14 bits per heavy atom. The molecule has 1 aromatic rings. The first-order chi connectivity index (χ1) is 9.26. The van der Waals surface area contributed by atoms with Gasteiger partial charge in [-0.05, 0) is 32.0 Å². The van der Waals surface area contributed by atoms with Crippen molar-refractivity contribution in [2.75, 3.05) is 11.6 Å². The number of rotatable bonds is 4. The Labute approximate surface area is 126 Å². The summed E-state index contributed by atoms with van der Waals surface area (Å²) in [5, 5.41) is 2.10. The molecule has 1 rings (SSSR count). The van der Waals surface area contributed by atoms with Crippen molar-refractivity contribution in [3.8, 4) is 0 Å². The van der Waals surface area contributed by atoms with Crippen LogP contribution in [-0.2, 0) is 23.7 Å². The van der Waals surface area contributed by atoms with Crippen LogP contribution in [-0.4, -0.2) is 33.7 Å². The molecule has 6 nitrogen and oxygen atoms in total. The highest BCUT2D eigenvalue weighted by Crippen LogP contribution is 2.24. The smallest absolute Gasteiger partial charge is 0.261 e. The van der Waals surface area contributed by atoms with E-state index in [0.717, 1.165) is 18.4 Å². The molecule has 0 unspecified atom stereocenters. The molecule has 1 aromatic carbocycles.